The van der Waals surface area contributed by atoms with E-state index in [1.54, 1.807) is 0 Å². The van der Waals surface area contributed by atoms with E-state index in [-0.39, 0.29) is 0 Å². The normalized spacial score (nSPS) is 36.8. The van der Waals surface area contributed by atoms with E-state index >= 15 is 0 Å². The predicted octanol–water partition coefficient (Wildman–Crippen LogP) is 2.11. The third kappa shape index (κ3) is 2.43. The van der Waals surface area contributed by atoms with Crippen LogP contribution in [0, 0.1) is 17.8 Å². The minimum Gasteiger partial charge on any atom is -0.316 e. The highest BCUT2D eigenvalue weighted by atomic mass is 15.2. The number of hydrogen-bond acceptors (Lipinski definition) is 2. The Hall–Kier alpha value is -0.0800. The van der Waals surface area contributed by atoms with Crippen molar-refractivity contribution < 1.29 is 0 Å². The summed E-state index contributed by atoms with van der Waals surface area (Å²) in [5.41, 5.74) is 0. The molecular weight excluding hydrogens is 196 g/mol. The average Bonchev–Trinajstić information content (AvgIpc) is 2.88. The maximum Gasteiger partial charge on any atom is 0.00255 e. The van der Waals surface area contributed by atoms with E-state index in [4.69, 9.17) is 0 Å². The van der Waals surface area contributed by atoms with Gasteiger partial charge in [0.1, 0.15) is 0 Å². The van der Waals surface area contributed by atoms with Crippen molar-refractivity contribution in [3.8, 4) is 0 Å². The molecule has 0 amide bonds. The van der Waals surface area contributed by atoms with Crippen molar-refractivity contribution >= 4 is 0 Å². The van der Waals surface area contributed by atoms with Gasteiger partial charge in [0.05, 0.1) is 0 Å². The summed E-state index contributed by atoms with van der Waals surface area (Å²) in [7, 11) is 0. The van der Waals surface area contributed by atoms with Crippen molar-refractivity contribution in [1.29, 1.82) is 0 Å². The number of likely N-dealkylation sites (tertiary alicyclic amines) is 1. The van der Waals surface area contributed by atoms with E-state index in [1.807, 2.05) is 0 Å². The zero-order valence-corrected chi connectivity index (χ0v) is 10.5. The number of fused-ring (bicyclic) bond motifs is 1. The summed E-state index contributed by atoms with van der Waals surface area (Å²) < 4.78 is 0. The molecule has 2 saturated heterocycles. The fourth-order valence-electron chi connectivity index (χ4n) is 3.98. The molecular formula is C14H26N2. The first-order chi connectivity index (χ1) is 7.92. The summed E-state index contributed by atoms with van der Waals surface area (Å²) in [6, 6.07) is 0. The summed E-state index contributed by atoms with van der Waals surface area (Å²) in [6.45, 7) is 6.71. The molecule has 0 spiro atoms. The van der Waals surface area contributed by atoms with Gasteiger partial charge in [0.15, 0.2) is 0 Å². The highest BCUT2D eigenvalue weighted by molar-refractivity contribution is 4.91. The molecule has 1 aliphatic carbocycles. The van der Waals surface area contributed by atoms with Gasteiger partial charge in [0.2, 0.25) is 0 Å². The van der Waals surface area contributed by atoms with Crippen molar-refractivity contribution in [1.82, 2.24) is 10.2 Å². The van der Waals surface area contributed by atoms with Gasteiger partial charge in [-0.05, 0) is 43.8 Å². The van der Waals surface area contributed by atoms with Crippen molar-refractivity contribution in [2.75, 3.05) is 32.7 Å². The van der Waals surface area contributed by atoms with Crippen LogP contribution in [0.1, 0.15) is 38.5 Å². The Balaban J connectivity index is 1.39. The van der Waals surface area contributed by atoms with Crippen LogP contribution in [0.5, 0.6) is 0 Å². The van der Waals surface area contributed by atoms with Crippen LogP contribution in [0.2, 0.25) is 0 Å². The second-order valence-electron chi connectivity index (χ2n) is 6.23. The molecule has 2 heterocycles. The van der Waals surface area contributed by atoms with Gasteiger partial charge >= 0.3 is 0 Å². The maximum absolute atomic E-state index is 3.52. The van der Waals surface area contributed by atoms with Gasteiger partial charge in [-0.1, -0.05) is 32.1 Å². The molecule has 16 heavy (non-hydrogen) atoms. The molecule has 0 aromatic carbocycles. The zero-order chi connectivity index (χ0) is 10.8. The first-order valence-corrected chi connectivity index (χ1v) is 7.35. The van der Waals surface area contributed by atoms with E-state index in [0.717, 1.165) is 17.8 Å². The second-order valence-corrected chi connectivity index (χ2v) is 6.23. The Kier molecular flexibility index (Phi) is 3.49. The molecule has 3 fully saturated rings. The van der Waals surface area contributed by atoms with Gasteiger partial charge in [-0.25, -0.2) is 0 Å². The Morgan fingerprint density at radius 2 is 1.62 bits per heavy atom. The second kappa shape index (κ2) is 5.05. The van der Waals surface area contributed by atoms with Gasteiger partial charge in [-0.2, -0.15) is 0 Å². The van der Waals surface area contributed by atoms with E-state index in [1.165, 1.54) is 71.2 Å². The molecule has 3 rings (SSSR count). The number of hydrogen-bond donors (Lipinski definition) is 1. The first kappa shape index (κ1) is 11.0. The maximum atomic E-state index is 3.52. The van der Waals surface area contributed by atoms with Crippen LogP contribution >= 0.6 is 0 Å². The highest BCUT2D eigenvalue weighted by Crippen LogP contribution is 2.29. The molecule has 0 radical (unpaired) electrons. The van der Waals surface area contributed by atoms with Gasteiger partial charge in [0, 0.05) is 13.1 Å². The number of rotatable bonds is 3. The Bertz CT molecular complexity index is 211. The molecule has 2 atom stereocenters. The van der Waals surface area contributed by atoms with Crippen LogP contribution in [0.4, 0.5) is 0 Å². The lowest BCUT2D eigenvalue weighted by Crippen LogP contribution is -2.28. The van der Waals surface area contributed by atoms with Crippen LogP contribution < -0.4 is 5.32 Å². The molecule has 2 nitrogen and oxygen atoms in total. The SMILES string of the molecule is C1CCC(CCN2C[C@H]3CNC[C@H]3C2)CC1. The topological polar surface area (TPSA) is 15.3 Å². The zero-order valence-electron chi connectivity index (χ0n) is 10.5. The molecule has 2 heteroatoms. The summed E-state index contributed by atoms with van der Waals surface area (Å²) in [4.78, 5) is 2.74. The summed E-state index contributed by atoms with van der Waals surface area (Å²) in [5.74, 6) is 3.02. The predicted molar refractivity (Wildman–Crippen MR) is 67.5 cm³/mol. The van der Waals surface area contributed by atoms with Crippen LogP contribution in [0.15, 0.2) is 0 Å². The molecule has 0 unspecified atom stereocenters. The Morgan fingerprint density at radius 3 is 2.31 bits per heavy atom. The van der Waals surface area contributed by atoms with Crippen LogP contribution in [0.25, 0.3) is 0 Å². The lowest BCUT2D eigenvalue weighted by atomic mass is 9.87. The molecule has 3 aliphatic rings. The fraction of sp³-hybridized carbons (Fsp3) is 1.00. The summed E-state index contributed by atoms with van der Waals surface area (Å²) >= 11 is 0. The number of nitrogens with zero attached hydrogens (tertiary/aromatic N) is 1. The summed E-state index contributed by atoms with van der Waals surface area (Å²) in [6.07, 6.45) is 9.01. The minimum atomic E-state index is 0.978. The first-order valence-electron chi connectivity index (χ1n) is 7.35. The molecule has 0 bridgehead atoms. The molecule has 0 aromatic rings. The standard InChI is InChI=1S/C14H26N2/c1-2-4-12(5-3-1)6-7-16-10-13-8-15-9-14(13)11-16/h12-15H,1-11H2/t13-,14+. The fourth-order valence-corrected chi connectivity index (χ4v) is 3.98. The Labute approximate surface area is 99.8 Å². The van der Waals surface area contributed by atoms with Crippen LogP contribution in [0.3, 0.4) is 0 Å². The van der Waals surface area contributed by atoms with Crippen molar-refractivity contribution in [2.45, 2.75) is 38.5 Å². The average molecular weight is 222 g/mol. The van der Waals surface area contributed by atoms with Crippen LogP contribution in [-0.4, -0.2) is 37.6 Å². The van der Waals surface area contributed by atoms with E-state index < -0.39 is 0 Å². The molecule has 2 aliphatic heterocycles. The summed E-state index contributed by atoms with van der Waals surface area (Å²) in [5, 5.41) is 3.52. The van der Waals surface area contributed by atoms with E-state index in [9.17, 15) is 0 Å². The van der Waals surface area contributed by atoms with Gasteiger partial charge < -0.3 is 10.2 Å². The third-order valence-electron chi connectivity index (χ3n) is 5.04. The smallest absolute Gasteiger partial charge is 0.00255 e. The van der Waals surface area contributed by atoms with Gasteiger partial charge in [-0.15, -0.1) is 0 Å². The van der Waals surface area contributed by atoms with Crippen molar-refractivity contribution in [3.63, 3.8) is 0 Å². The number of nitrogens with one attached hydrogen (secondary N) is 1. The quantitative estimate of drug-likeness (QED) is 0.787. The third-order valence-corrected chi connectivity index (χ3v) is 5.04. The van der Waals surface area contributed by atoms with Crippen LogP contribution in [-0.2, 0) is 0 Å². The van der Waals surface area contributed by atoms with Gasteiger partial charge in [-0.3, -0.25) is 0 Å². The molecule has 1 N–H and O–H groups in total. The lowest BCUT2D eigenvalue weighted by molar-refractivity contribution is 0.254. The molecule has 1 saturated carbocycles. The molecule has 0 aromatic heterocycles. The highest BCUT2D eigenvalue weighted by Gasteiger charge is 2.35. The lowest BCUT2D eigenvalue weighted by Gasteiger charge is -2.24. The minimum absolute atomic E-state index is 0.978. The Morgan fingerprint density at radius 1 is 0.938 bits per heavy atom. The largest absolute Gasteiger partial charge is 0.316 e. The van der Waals surface area contributed by atoms with E-state index in [0.29, 0.717) is 0 Å². The van der Waals surface area contributed by atoms with Gasteiger partial charge in [0.25, 0.3) is 0 Å². The van der Waals surface area contributed by atoms with Crippen molar-refractivity contribution in [3.05, 3.63) is 0 Å². The van der Waals surface area contributed by atoms with E-state index in [2.05, 4.69) is 10.2 Å². The monoisotopic (exact) mass is 222 g/mol. The van der Waals surface area contributed by atoms with Crippen molar-refractivity contribution in [2.24, 2.45) is 17.8 Å². The molecule has 92 valence electrons.